The van der Waals surface area contributed by atoms with E-state index >= 15 is 0 Å². The van der Waals surface area contributed by atoms with Crippen molar-refractivity contribution >= 4 is 11.8 Å². The van der Waals surface area contributed by atoms with Gasteiger partial charge in [0.25, 0.3) is 5.88 Å². The maximum absolute atomic E-state index is 9.99. The Labute approximate surface area is 73.4 Å². The first kappa shape index (κ1) is 8.86. The van der Waals surface area contributed by atoms with Crippen LogP contribution in [0.3, 0.4) is 0 Å². The molecule has 0 amide bonds. The first-order chi connectivity index (χ1) is 5.70. The molecule has 1 aromatic carbocycles. The molecule has 0 fully saturated rings. The normalized spacial score (nSPS) is 9.67. The number of phenolic OH excluding ortho intramolecular Hbond substituents is 1. The van der Waals surface area contributed by atoms with Crippen LogP contribution in [0.1, 0.15) is 0 Å². The summed E-state index contributed by atoms with van der Waals surface area (Å²) >= 11 is 1.01. The first-order valence-electron chi connectivity index (χ1n) is 3.23. The van der Waals surface area contributed by atoms with Crippen LogP contribution in [0.25, 0.3) is 0 Å². The van der Waals surface area contributed by atoms with E-state index in [1.165, 1.54) is 6.07 Å². The maximum atomic E-state index is 9.99. The summed E-state index contributed by atoms with van der Waals surface area (Å²) in [5.41, 5.74) is 0. The van der Waals surface area contributed by atoms with Gasteiger partial charge in [-0.05, 0) is 23.9 Å². The summed E-state index contributed by atoms with van der Waals surface area (Å²) in [5.74, 6) is -0.137. The second-order valence-electron chi connectivity index (χ2n) is 2.07. The summed E-state index contributed by atoms with van der Waals surface area (Å²) < 4.78 is 0. The summed E-state index contributed by atoms with van der Waals surface area (Å²) in [6.45, 7) is 0. The summed E-state index contributed by atoms with van der Waals surface area (Å²) in [4.78, 5) is 10.1. The van der Waals surface area contributed by atoms with Gasteiger partial charge < -0.3 is 5.11 Å². The predicted molar refractivity (Wildman–Crippen MR) is 45.8 cm³/mol. The van der Waals surface area contributed by atoms with Crippen molar-refractivity contribution in [2.24, 2.45) is 0 Å². The van der Waals surface area contributed by atoms with Crippen molar-refractivity contribution in [3.05, 3.63) is 34.4 Å². The SMILES string of the molecule is O=[N+]([O-])CSc1ccccc1O. The number of phenols is 1. The van der Waals surface area contributed by atoms with Crippen molar-refractivity contribution in [1.82, 2.24) is 0 Å². The van der Waals surface area contributed by atoms with Crippen molar-refractivity contribution in [3.8, 4) is 5.75 Å². The van der Waals surface area contributed by atoms with E-state index in [1.54, 1.807) is 18.2 Å². The van der Waals surface area contributed by atoms with E-state index in [4.69, 9.17) is 0 Å². The summed E-state index contributed by atoms with van der Waals surface area (Å²) in [6.07, 6.45) is 0. The molecule has 1 N–H and O–H groups in total. The molecule has 1 rings (SSSR count). The van der Waals surface area contributed by atoms with Gasteiger partial charge in [-0.3, -0.25) is 10.1 Å². The molecule has 5 heteroatoms. The van der Waals surface area contributed by atoms with E-state index in [0.29, 0.717) is 4.90 Å². The van der Waals surface area contributed by atoms with Gasteiger partial charge in [0.1, 0.15) is 5.75 Å². The zero-order valence-corrected chi connectivity index (χ0v) is 6.95. The third-order valence-corrected chi connectivity index (χ3v) is 2.19. The van der Waals surface area contributed by atoms with Crippen molar-refractivity contribution in [1.29, 1.82) is 0 Å². The highest BCUT2D eigenvalue weighted by atomic mass is 32.2. The topological polar surface area (TPSA) is 63.4 Å². The second kappa shape index (κ2) is 3.96. The van der Waals surface area contributed by atoms with Crippen LogP contribution < -0.4 is 0 Å². The smallest absolute Gasteiger partial charge is 0.253 e. The Morgan fingerprint density at radius 2 is 2.17 bits per heavy atom. The molecule has 0 saturated carbocycles. The largest absolute Gasteiger partial charge is 0.507 e. The Kier molecular flexibility index (Phi) is 2.93. The molecule has 64 valence electrons. The van der Waals surface area contributed by atoms with Crippen molar-refractivity contribution in [2.75, 3.05) is 5.88 Å². The Bertz CT molecular complexity index is 290. The lowest BCUT2D eigenvalue weighted by molar-refractivity contribution is -0.456. The van der Waals surface area contributed by atoms with Crippen LogP contribution in [0.2, 0.25) is 0 Å². The number of aromatic hydroxyl groups is 1. The van der Waals surface area contributed by atoms with E-state index in [2.05, 4.69) is 0 Å². The molecule has 0 saturated heterocycles. The highest BCUT2D eigenvalue weighted by Crippen LogP contribution is 2.27. The third-order valence-electron chi connectivity index (χ3n) is 1.19. The third kappa shape index (κ3) is 2.43. The molecule has 0 unspecified atom stereocenters. The first-order valence-corrected chi connectivity index (χ1v) is 4.21. The van der Waals surface area contributed by atoms with Gasteiger partial charge in [-0.15, -0.1) is 0 Å². The number of para-hydroxylation sites is 1. The average Bonchev–Trinajstić information content (AvgIpc) is 2.03. The number of benzene rings is 1. The fraction of sp³-hybridized carbons (Fsp3) is 0.143. The van der Waals surface area contributed by atoms with Crippen molar-refractivity contribution in [3.63, 3.8) is 0 Å². The Morgan fingerprint density at radius 3 is 2.75 bits per heavy atom. The number of hydrogen-bond acceptors (Lipinski definition) is 4. The fourth-order valence-corrected chi connectivity index (χ4v) is 1.34. The predicted octanol–water partition coefficient (Wildman–Crippen LogP) is 1.72. The van der Waals surface area contributed by atoms with Gasteiger partial charge in [-0.1, -0.05) is 12.1 Å². The van der Waals surface area contributed by atoms with Crippen molar-refractivity contribution in [2.45, 2.75) is 4.90 Å². The minimum Gasteiger partial charge on any atom is -0.507 e. The van der Waals surface area contributed by atoms with E-state index in [-0.39, 0.29) is 11.6 Å². The van der Waals surface area contributed by atoms with Gasteiger partial charge in [0.05, 0.1) is 4.90 Å². The highest BCUT2D eigenvalue weighted by Gasteiger charge is 2.03. The molecule has 4 nitrogen and oxygen atoms in total. The van der Waals surface area contributed by atoms with Gasteiger partial charge >= 0.3 is 0 Å². The lowest BCUT2D eigenvalue weighted by Gasteiger charge is -1.98. The van der Waals surface area contributed by atoms with Crippen molar-refractivity contribution < 1.29 is 10.0 Å². The Hall–Kier alpha value is -1.23. The molecule has 0 spiro atoms. The molecule has 0 aliphatic rings. The fourth-order valence-electron chi connectivity index (χ4n) is 0.701. The van der Waals surface area contributed by atoms with Gasteiger partial charge in [0.15, 0.2) is 0 Å². The van der Waals surface area contributed by atoms with Gasteiger partial charge in [-0.25, -0.2) is 0 Å². The minimum absolute atomic E-state index is 0.0874. The minimum atomic E-state index is -0.433. The molecular formula is C7H7NO3S. The van der Waals surface area contributed by atoms with Crippen LogP contribution in [0.4, 0.5) is 0 Å². The molecule has 0 aliphatic heterocycles. The molecule has 0 aromatic heterocycles. The Morgan fingerprint density at radius 1 is 1.50 bits per heavy atom. The van der Waals surface area contributed by atoms with Crippen LogP contribution in [-0.4, -0.2) is 15.9 Å². The van der Waals surface area contributed by atoms with Crippen LogP contribution in [-0.2, 0) is 0 Å². The van der Waals surface area contributed by atoms with E-state index in [0.717, 1.165) is 11.8 Å². The number of thioether (sulfide) groups is 1. The number of hydrogen-bond donors (Lipinski definition) is 1. The summed E-state index contributed by atoms with van der Waals surface area (Å²) in [7, 11) is 0. The molecule has 0 atom stereocenters. The standard InChI is InChI=1S/C7H7NO3S/c9-6-3-1-2-4-7(6)12-5-8(10)11/h1-4,9H,5H2. The zero-order chi connectivity index (χ0) is 8.97. The van der Waals surface area contributed by atoms with Gasteiger partial charge in [0.2, 0.25) is 0 Å². The average molecular weight is 185 g/mol. The molecule has 0 heterocycles. The van der Waals surface area contributed by atoms with Crippen LogP contribution in [0.5, 0.6) is 5.75 Å². The summed E-state index contributed by atoms with van der Waals surface area (Å²) in [5, 5.41) is 19.2. The Balaban J connectivity index is 2.63. The lowest BCUT2D eigenvalue weighted by atomic mass is 10.3. The quantitative estimate of drug-likeness (QED) is 0.337. The van der Waals surface area contributed by atoms with Crippen LogP contribution in [0.15, 0.2) is 29.2 Å². The molecule has 0 aliphatic carbocycles. The number of rotatable bonds is 3. The van der Waals surface area contributed by atoms with E-state index in [1.807, 2.05) is 0 Å². The summed E-state index contributed by atoms with van der Waals surface area (Å²) in [6, 6.07) is 6.54. The monoisotopic (exact) mass is 185 g/mol. The van der Waals surface area contributed by atoms with Gasteiger partial charge in [0, 0.05) is 4.92 Å². The van der Waals surface area contributed by atoms with E-state index in [9.17, 15) is 15.2 Å². The molecular weight excluding hydrogens is 178 g/mol. The molecule has 0 bridgehead atoms. The van der Waals surface area contributed by atoms with Gasteiger partial charge in [-0.2, -0.15) is 0 Å². The highest BCUT2D eigenvalue weighted by molar-refractivity contribution is 7.99. The van der Waals surface area contributed by atoms with Crippen LogP contribution in [0, 0.1) is 10.1 Å². The zero-order valence-electron chi connectivity index (χ0n) is 6.14. The lowest BCUT2D eigenvalue weighted by Crippen LogP contribution is -1.94. The molecule has 0 radical (unpaired) electrons. The maximum Gasteiger partial charge on any atom is 0.253 e. The van der Waals surface area contributed by atoms with E-state index < -0.39 is 4.92 Å². The number of nitro groups is 1. The molecule has 12 heavy (non-hydrogen) atoms. The second-order valence-corrected chi connectivity index (χ2v) is 3.06. The van der Waals surface area contributed by atoms with Crippen LogP contribution >= 0.6 is 11.8 Å². The molecule has 1 aromatic rings. The number of nitrogens with zero attached hydrogens (tertiary/aromatic N) is 1.